The molecule has 1 aliphatic heterocycles. The molecule has 1 heterocycles. The average molecular weight is 425 g/mol. The van der Waals surface area contributed by atoms with Crippen molar-refractivity contribution in [2.75, 3.05) is 23.3 Å². The second-order valence-corrected chi connectivity index (χ2v) is 7.07. The Balaban J connectivity index is 1.82. The van der Waals surface area contributed by atoms with Crippen LogP contribution in [0.1, 0.15) is 35.2 Å². The first-order valence-electron chi connectivity index (χ1n) is 9.09. The molecule has 9 heteroatoms. The van der Waals surface area contributed by atoms with Crippen LogP contribution in [0.4, 0.5) is 28.9 Å². The highest BCUT2D eigenvalue weighted by Crippen LogP contribution is 2.36. The molecule has 2 aromatic rings. The van der Waals surface area contributed by atoms with Crippen molar-refractivity contribution in [1.29, 1.82) is 0 Å². The molecule has 1 fully saturated rings. The van der Waals surface area contributed by atoms with Crippen LogP contribution in [-0.2, 0) is 6.18 Å². The molecule has 1 amide bonds. The van der Waals surface area contributed by atoms with Crippen LogP contribution in [0.15, 0.2) is 42.5 Å². The molecule has 3 rings (SSSR count). The summed E-state index contributed by atoms with van der Waals surface area (Å²) >= 11 is 5.09. The molecule has 2 aromatic carbocycles. The van der Waals surface area contributed by atoms with Crippen LogP contribution in [0, 0.1) is 5.82 Å². The van der Waals surface area contributed by atoms with Crippen molar-refractivity contribution in [1.82, 2.24) is 5.32 Å². The fourth-order valence-corrected chi connectivity index (χ4v) is 3.40. The number of piperidine rings is 1. The lowest BCUT2D eigenvalue weighted by Crippen LogP contribution is -2.36. The summed E-state index contributed by atoms with van der Waals surface area (Å²) in [5, 5.41) is 4.78. The number of rotatable bonds is 3. The summed E-state index contributed by atoms with van der Waals surface area (Å²) in [6, 6.07) is 8.74. The predicted molar refractivity (Wildman–Crippen MR) is 108 cm³/mol. The first kappa shape index (κ1) is 21.0. The summed E-state index contributed by atoms with van der Waals surface area (Å²) < 4.78 is 53.3. The van der Waals surface area contributed by atoms with E-state index in [0.717, 1.165) is 37.5 Å². The van der Waals surface area contributed by atoms with E-state index in [1.165, 1.54) is 24.3 Å². The Labute approximate surface area is 170 Å². The molecule has 0 spiro atoms. The van der Waals surface area contributed by atoms with Crippen LogP contribution in [0.25, 0.3) is 0 Å². The fourth-order valence-electron chi connectivity index (χ4n) is 3.19. The maximum atomic E-state index is 13.8. The van der Waals surface area contributed by atoms with Crippen molar-refractivity contribution < 1.29 is 22.4 Å². The fraction of sp³-hybridized carbons (Fsp3) is 0.300. The summed E-state index contributed by atoms with van der Waals surface area (Å²) in [5.41, 5.74) is -0.332. The third-order valence-corrected chi connectivity index (χ3v) is 4.82. The number of carbonyl (C=O) groups is 1. The van der Waals surface area contributed by atoms with Crippen molar-refractivity contribution in [2.45, 2.75) is 25.4 Å². The highest BCUT2D eigenvalue weighted by molar-refractivity contribution is 7.80. The maximum absolute atomic E-state index is 13.8. The Morgan fingerprint density at radius 1 is 1.03 bits per heavy atom. The van der Waals surface area contributed by atoms with E-state index in [9.17, 15) is 22.4 Å². The zero-order valence-electron chi connectivity index (χ0n) is 15.4. The molecule has 0 atom stereocenters. The molecular weight excluding hydrogens is 406 g/mol. The van der Waals surface area contributed by atoms with Gasteiger partial charge in [-0.2, -0.15) is 13.2 Å². The van der Waals surface area contributed by atoms with Gasteiger partial charge in [0.2, 0.25) is 0 Å². The van der Waals surface area contributed by atoms with Gasteiger partial charge < -0.3 is 10.2 Å². The van der Waals surface area contributed by atoms with Gasteiger partial charge in [-0.05, 0) is 61.8 Å². The summed E-state index contributed by atoms with van der Waals surface area (Å²) in [5.74, 6) is -1.51. The number of carbonyl (C=O) groups excluding carboxylic acids is 1. The van der Waals surface area contributed by atoms with Gasteiger partial charge in [0.1, 0.15) is 5.82 Å². The second-order valence-electron chi connectivity index (χ2n) is 6.67. The van der Waals surface area contributed by atoms with E-state index in [1.54, 1.807) is 0 Å². The van der Waals surface area contributed by atoms with Gasteiger partial charge in [-0.25, -0.2) is 4.39 Å². The zero-order chi connectivity index (χ0) is 21.0. The lowest BCUT2D eigenvalue weighted by molar-refractivity contribution is -0.137. The van der Waals surface area contributed by atoms with Crippen LogP contribution in [0.2, 0.25) is 0 Å². The normalized spacial score (nSPS) is 14.4. The number of benzene rings is 2. The van der Waals surface area contributed by atoms with Crippen molar-refractivity contribution in [3.8, 4) is 0 Å². The number of anilines is 2. The number of halogens is 4. The molecule has 0 aromatic heterocycles. The van der Waals surface area contributed by atoms with E-state index in [-0.39, 0.29) is 16.4 Å². The minimum Gasteiger partial charge on any atom is -0.370 e. The van der Waals surface area contributed by atoms with E-state index in [4.69, 9.17) is 12.2 Å². The molecule has 0 saturated carbocycles. The van der Waals surface area contributed by atoms with Gasteiger partial charge in [-0.15, -0.1) is 0 Å². The number of nitrogens with one attached hydrogen (secondary N) is 2. The Kier molecular flexibility index (Phi) is 6.36. The van der Waals surface area contributed by atoms with Gasteiger partial charge in [0.25, 0.3) is 5.91 Å². The molecule has 4 nitrogen and oxygen atoms in total. The Morgan fingerprint density at radius 2 is 1.72 bits per heavy atom. The third-order valence-electron chi connectivity index (χ3n) is 4.61. The summed E-state index contributed by atoms with van der Waals surface area (Å²) in [6.45, 7) is 1.43. The number of nitrogens with zero attached hydrogens (tertiary/aromatic N) is 1. The molecule has 0 aliphatic carbocycles. The highest BCUT2D eigenvalue weighted by atomic mass is 32.1. The molecule has 0 unspecified atom stereocenters. The topological polar surface area (TPSA) is 44.4 Å². The van der Waals surface area contributed by atoms with Crippen molar-refractivity contribution in [3.63, 3.8) is 0 Å². The first-order chi connectivity index (χ1) is 13.8. The molecular formula is C20H19F4N3OS. The standard InChI is InChI=1S/C20H19F4N3OS/c21-15-7-3-2-6-14(15)18(28)26-19(29)25-16-12-13(20(22,23)24)8-9-17(16)27-10-4-1-5-11-27/h2-3,6-9,12H,1,4-5,10-11H2,(H2,25,26,28,29). The molecule has 1 saturated heterocycles. The van der Waals surface area contributed by atoms with Crippen molar-refractivity contribution in [3.05, 3.63) is 59.4 Å². The minimum absolute atomic E-state index is 0.139. The minimum atomic E-state index is -4.52. The van der Waals surface area contributed by atoms with E-state index >= 15 is 0 Å². The van der Waals surface area contributed by atoms with Crippen LogP contribution in [0.3, 0.4) is 0 Å². The number of hydrogen-bond acceptors (Lipinski definition) is 3. The van der Waals surface area contributed by atoms with E-state index in [0.29, 0.717) is 18.8 Å². The number of alkyl halides is 3. The van der Waals surface area contributed by atoms with Crippen LogP contribution >= 0.6 is 12.2 Å². The van der Waals surface area contributed by atoms with Gasteiger partial charge in [0, 0.05) is 13.1 Å². The summed E-state index contributed by atoms with van der Waals surface area (Å²) in [4.78, 5) is 14.2. The van der Waals surface area contributed by atoms with Gasteiger partial charge >= 0.3 is 6.18 Å². The number of amides is 1. The third kappa shape index (κ3) is 5.23. The van der Waals surface area contributed by atoms with Gasteiger partial charge in [-0.1, -0.05) is 12.1 Å². The number of thiocarbonyl (C=S) groups is 1. The van der Waals surface area contributed by atoms with Crippen LogP contribution in [-0.4, -0.2) is 24.1 Å². The highest BCUT2D eigenvalue weighted by Gasteiger charge is 2.31. The van der Waals surface area contributed by atoms with Crippen LogP contribution in [0.5, 0.6) is 0 Å². The molecule has 2 N–H and O–H groups in total. The van der Waals surface area contributed by atoms with Crippen molar-refractivity contribution >= 4 is 34.6 Å². The lowest BCUT2D eigenvalue weighted by Gasteiger charge is -2.31. The SMILES string of the molecule is O=C(NC(=S)Nc1cc(C(F)(F)F)ccc1N1CCCCC1)c1ccccc1F. The molecule has 1 aliphatic rings. The second kappa shape index (κ2) is 8.77. The number of hydrogen-bond donors (Lipinski definition) is 2. The van der Waals surface area contributed by atoms with Gasteiger partial charge in [0.05, 0.1) is 22.5 Å². The smallest absolute Gasteiger partial charge is 0.370 e. The Bertz CT molecular complexity index is 911. The molecule has 29 heavy (non-hydrogen) atoms. The van der Waals surface area contributed by atoms with Crippen molar-refractivity contribution in [2.24, 2.45) is 0 Å². The Hall–Kier alpha value is -2.68. The van der Waals surface area contributed by atoms with Gasteiger partial charge in [-0.3, -0.25) is 10.1 Å². The van der Waals surface area contributed by atoms with Gasteiger partial charge in [0.15, 0.2) is 5.11 Å². The quantitative estimate of drug-likeness (QED) is 0.539. The van der Waals surface area contributed by atoms with Crippen LogP contribution < -0.4 is 15.5 Å². The molecule has 154 valence electrons. The predicted octanol–water partition coefficient (Wildman–Crippen LogP) is 4.96. The summed E-state index contributed by atoms with van der Waals surface area (Å²) in [7, 11) is 0. The largest absolute Gasteiger partial charge is 0.416 e. The molecule has 0 radical (unpaired) electrons. The molecule has 0 bridgehead atoms. The van der Waals surface area contributed by atoms with E-state index in [2.05, 4.69) is 10.6 Å². The maximum Gasteiger partial charge on any atom is 0.416 e. The Morgan fingerprint density at radius 3 is 2.38 bits per heavy atom. The lowest BCUT2D eigenvalue weighted by atomic mass is 10.1. The average Bonchev–Trinajstić information content (AvgIpc) is 2.68. The zero-order valence-corrected chi connectivity index (χ0v) is 16.2. The van der Waals surface area contributed by atoms with E-state index in [1.807, 2.05) is 4.90 Å². The van der Waals surface area contributed by atoms with E-state index < -0.39 is 23.5 Å². The first-order valence-corrected chi connectivity index (χ1v) is 9.49. The summed E-state index contributed by atoms with van der Waals surface area (Å²) in [6.07, 6.45) is -1.57. The monoisotopic (exact) mass is 425 g/mol.